The van der Waals surface area contributed by atoms with Crippen LogP contribution in [-0.4, -0.2) is 23.7 Å². The summed E-state index contributed by atoms with van der Waals surface area (Å²) in [6, 6.07) is 14.2. The van der Waals surface area contributed by atoms with E-state index >= 15 is 0 Å². The monoisotopic (exact) mass is 380 g/mol. The normalized spacial score (nSPS) is 10.4. The molecule has 3 aromatic rings. The van der Waals surface area contributed by atoms with Gasteiger partial charge in [-0.1, -0.05) is 18.2 Å². The molecule has 0 radical (unpaired) electrons. The maximum absolute atomic E-state index is 12.9. The lowest BCUT2D eigenvalue weighted by Gasteiger charge is -2.13. The molecular formula is C20H16N2O4S. The maximum atomic E-state index is 12.9. The van der Waals surface area contributed by atoms with Gasteiger partial charge in [-0.25, -0.2) is 4.79 Å². The topological polar surface area (TPSA) is 80.8 Å². The van der Waals surface area contributed by atoms with Gasteiger partial charge in [-0.15, -0.1) is 11.8 Å². The van der Waals surface area contributed by atoms with Gasteiger partial charge in [-0.3, -0.25) is 9.20 Å². The van der Waals surface area contributed by atoms with Gasteiger partial charge >= 0.3 is 5.97 Å². The predicted molar refractivity (Wildman–Crippen MR) is 102 cm³/mol. The Morgan fingerprint density at radius 2 is 2.07 bits per heavy atom. The van der Waals surface area contributed by atoms with E-state index in [1.165, 1.54) is 22.4 Å². The predicted octanol–water partition coefficient (Wildman–Crippen LogP) is 3.26. The Bertz CT molecular complexity index is 1120. The summed E-state index contributed by atoms with van der Waals surface area (Å²) in [6.45, 7) is 0.0455. The van der Waals surface area contributed by atoms with Gasteiger partial charge < -0.3 is 9.47 Å². The highest BCUT2D eigenvalue weighted by Gasteiger charge is 2.23. The molecular weight excluding hydrogens is 364 g/mol. The van der Waals surface area contributed by atoms with Gasteiger partial charge in [0.2, 0.25) is 0 Å². The number of hydrogen-bond donors (Lipinski definition) is 0. The molecule has 1 aromatic carbocycles. The van der Waals surface area contributed by atoms with Crippen LogP contribution in [0.25, 0.3) is 5.52 Å². The minimum Gasteiger partial charge on any atom is -0.497 e. The van der Waals surface area contributed by atoms with Gasteiger partial charge in [0.1, 0.15) is 24.0 Å². The van der Waals surface area contributed by atoms with Crippen molar-refractivity contribution in [3.8, 4) is 11.8 Å². The number of esters is 1. The highest BCUT2D eigenvalue weighted by molar-refractivity contribution is 7.98. The first-order valence-electron chi connectivity index (χ1n) is 8.02. The summed E-state index contributed by atoms with van der Waals surface area (Å²) in [6.07, 6.45) is 3.25. The Morgan fingerprint density at radius 3 is 2.78 bits per heavy atom. The van der Waals surface area contributed by atoms with E-state index in [1.54, 1.807) is 49.8 Å². The van der Waals surface area contributed by atoms with Gasteiger partial charge in [-0.2, -0.15) is 5.26 Å². The van der Waals surface area contributed by atoms with E-state index in [1.807, 2.05) is 12.1 Å². The van der Waals surface area contributed by atoms with Crippen molar-refractivity contribution < 1.29 is 14.3 Å². The third-order valence-corrected chi connectivity index (χ3v) is 4.84. The Hall–Kier alpha value is -3.24. The van der Waals surface area contributed by atoms with Crippen molar-refractivity contribution in [2.75, 3.05) is 13.4 Å². The standard InChI is InChI=1S/C20H16N2O4S/c1-25-14-7-5-6-13(10-14)12-26-20(24)17-16-8-3-4-9-22(16)19(23)15(11-21)18(17)27-2/h3-10H,12H2,1-2H3. The number of thioether (sulfide) groups is 1. The van der Waals surface area contributed by atoms with Gasteiger partial charge in [0.25, 0.3) is 5.56 Å². The van der Waals surface area contributed by atoms with Gasteiger partial charge in [0.05, 0.1) is 18.2 Å². The number of benzene rings is 1. The largest absolute Gasteiger partial charge is 0.497 e. The van der Waals surface area contributed by atoms with Gasteiger partial charge in [0, 0.05) is 11.1 Å². The maximum Gasteiger partial charge on any atom is 0.341 e. The van der Waals surface area contributed by atoms with E-state index in [-0.39, 0.29) is 17.7 Å². The summed E-state index contributed by atoms with van der Waals surface area (Å²) >= 11 is 1.18. The van der Waals surface area contributed by atoms with E-state index in [0.717, 1.165) is 5.56 Å². The van der Waals surface area contributed by atoms with Crippen LogP contribution >= 0.6 is 11.8 Å². The third-order valence-electron chi connectivity index (χ3n) is 4.03. The van der Waals surface area contributed by atoms with Crippen molar-refractivity contribution in [3.05, 3.63) is 75.7 Å². The molecule has 3 rings (SSSR count). The van der Waals surface area contributed by atoms with Crippen LogP contribution in [-0.2, 0) is 11.3 Å². The minimum absolute atomic E-state index is 0.0455. The zero-order valence-electron chi connectivity index (χ0n) is 14.8. The zero-order valence-corrected chi connectivity index (χ0v) is 15.6. The lowest BCUT2D eigenvalue weighted by molar-refractivity contribution is 0.0470. The average molecular weight is 380 g/mol. The number of nitriles is 1. The van der Waals surface area contributed by atoms with Crippen molar-refractivity contribution in [1.82, 2.24) is 4.40 Å². The molecule has 27 heavy (non-hydrogen) atoms. The van der Waals surface area contributed by atoms with Crippen LogP contribution in [0.3, 0.4) is 0 Å². The smallest absolute Gasteiger partial charge is 0.341 e. The third kappa shape index (κ3) is 3.52. The fourth-order valence-electron chi connectivity index (χ4n) is 2.77. The second kappa shape index (κ2) is 7.98. The molecule has 7 heteroatoms. The number of ether oxygens (including phenoxy) is 2. The van der Waals surface area contributed by atoms with Crippen LogP contribution in [0.2, 0.25) is 0 Å². The molecule has 0 aliphatic heterocycles. The number of aromatic nitrogens is 1. The number of carbonyl (C=O) groups excluding carboxylic acids is 1. The highest BCUT2D eigenvalue weighted by atomic mass is 32.2. The average Bonchev–Trinajstić information content (AvgIpc) is 2.72. The van der Waals surface area contributed by atoms with Crippen LogP contribution in [0.4, 0.5) is 0 Å². The van der Waals surface area contributed by atoms with Crippen LogP contribution in [0.15, 0.2) is 58.4 Å². The molecule has 0 saturated heterocycles. The van der Waals surface area contributed by atoms with Crippen molar-refractivity contribution >= 4 is 23.2 Å². The quantitative estimate of drug-likeness (QED) is 0.499. The lowest BCUT2D eigenvalue weighted by atomic mass is 10.1. The van der Waals surface area contributed by atoms with Crippen LogP contribution in [0.1, 0.15) is 21.5 Å². The molecule has 2 heterocycles. The van der Waals surface area contributed by atoms with Crippen molar-refractivity contribution in [1.29, 1.82) is 5.26 Å². The second-order valence-corrected chi connectivity index (χ2v) is 6.40. The first-order valence-corrected chi connectivity index (χ1v) is 9.24. The van der Waals surface area contributed by atoms with Crippen molar-refractivity contribution in [3.63, 3.8) is 0 Å². The van der Waals surface area contributed by atoms with Crippen LogP contribution < -0.4 is 10.3 Å². The summed E-state index contributed by atoms with van der Waals surface area (Å²) < 4.78 is 11.9. The number of methoxy groups -OCH3 is 1. The van der Waals surface area contributed by atoms with E-state index in [9.17, 15) is 14.9 Å². The Kier molecular flexibility index (Phi) is 5.48. The van der Waals surface area contributed by atoms with Crippen molar-refractivity contribution in [2.24, 2.45) is 0 Å². The summed E-state index contributed by atoms with van der Waals surface area (Å²) in [7, 11) is 1.56. The number of pyridine rings is 2. The Balaban J connectivity index is 2.04. The molecule has 0 aliphatic rings. The SMILES string of the molecule is COc1cccc(COC(=O)c2c(SC)c(C#N)c(=O)n3ccccc23)c1. The van der Waals surface area contributed by atoms with Crippen LogP contribution in [0.5, 0.6) is 5.75 Å². The summed E-state index contributed by atoms with van der Waals surface area (Å²) in [5.41, 5.74) is 0.858. The summed E-state index contributed by atoms with van der Waals surface area (Å²) in [5, 5.41) is 9.42. The molecule has 0 aliphatic carbocycles. The molecule has 0 atom stereocenters. The summed E-state index contributed by atoms with van der Waals surface area (Å²) in [5.74, 6) is 0.0687. The van der Waals surface area contributed by atoms with E-state index < -0.39 is 11.5 Å². The minimum atomic E-state index is -0.595. The first kappa shape index (κ1) is 18.5. The molecule has 0 spiro atoms. The molecule has 6 nitrogen and oxygen atoms in total. The first-order chi connectivity index (χ1) is 13.1. The number of carbonyl (C=O) groups is 1. The fraction of sp³-hybridized carbons (Fsp3) is 0.150. The van der Waals surface area contributed by atoms with Crippen molar-refractivity contribution in [2.45, 2.75) is 11.5 Å². The molecule has 0 fully saturated rings. The number of nitrogens with zero attached hydrogens (tertiary/aromatic N) is 2. The fourth-order valence-corrected chi connectivity index (χ4v) is 3.50. The molecule has 0 bridgehead atoms. The summed E-state index contributed by atoms with van der Waals surface area (Å²) in [4.78, 5) is 25.7. The molecule has 0 saturated carbocycles. The lowest BCUT2D eigenvalue weighted by Crippen LogP contribution is -2.22. The molecule has 0 unspecified atom stereocenters. The number of rotatable bonds is 5. The molecule has 0 amide bonds. The molecule has 2 aromatic heterocycles. The highest BCUT2D eigenvalue weighted by Crippen LogP contribution is 2.27. The Morgan fingerprint density at radius 1 is 1.26 bits per heavy atom. The van der Waals surface area contributed by atoms with E-state index in [2.05, 4.69) is 0 Å². The van der Waals surface area contributed by atoms with Crippen LogP contribution in [0, 0.1) is 11.3 Å². The number of hydrogen-bond acceptors (Lipinski definition) is 6. The van der Waals surface area contributed by atoms with E-state index in [0.29, 0.717) is 16.2 Å². The molecule has 136 valence electrons. The zero-order chi connectivity index (χ0) is 19.4. The Labute approximate surface area is 160 Å². The van der Waals surface area contributed by atoms with Gasteiger partial charge in [-0.05, 0) is 36.1 Å². The second-order valence-electron chi connectivity index (χ2n) is 5.58. The number of fused-ring (bicyclic) bond motifs is 1. The van der Waals surface area contributed by atoms with Gasteiger partial charge in [0.15, 0.2) is 0 Å². The van der Waals surface area contributed by atoms with E-state index in [4.69, 9.17) is 9.47 Å². The molecule has 0 N–H and O–H groups in total.